The first-order valence-corrected chi connectivity index (χ1v) is 7.59. The van der Waals surface area contributed by atoms with Gasteiger partial charge in [-0.15, -0.1) is 0 Å². The van der Waals surface area contributed by atoms with Crippen LogP contribution in [0.2, 0.25) is 0 Å². The average Bonchev–Trinajstić information content (AvgIpc) is 2.57. The monoisotopic (exact) mass is 314 g/mol. The number of benzene rings is 2. The first kappa shape index (κ1) is 18.4. The molecule has 4 nitrogen and oxygen atoms in total. The molecular formula is C19H22O4. The zero-order valence-corrected chi connectivity index (χ0v) is 13.5. The van der Waals surface area contributed by atoms with E-state index in [-0.39, 0.29) is 11.9 Å². The van der Waals surface area contributed by atoms with Gasteiger partial charge in [0.1, 0.15) is 0 Å². The fourth-order valence-corrected chi connectivity index (χ4v) is 1.76. The summed E-state index contributed by atoms with van der Waals surface area (Å²) in [6, 6.07) is 18.5. The molecule has 122 valence electrons. The smallest absolute Gasteiger partial charge is 0.338 e. The molecule has 0 aliphatic rings. The Morgan fingerprint density at radius 3 is 1.83 bits per heavy atom. The first-order valence-electron chi connectivity index (χ1n) is 7.59. The second-order valence-corrected chi connectivity index (χ2v) is 4.55. The maximum Gasteiger partial charge on any atom is 0.338 e. The lowest BCUT2D eigenvalue weighted by Gasteiger charge is -2.00. The highest BCUT2D eigenvalue weighted by Gasteiger charge is 2.02. The molecule has 0 aliphatic carbocycles. The molecule has 0 aromatic heterocycles. The summed E-state index contributed by atoms with van der Waals surface area (Å²) >= 11 is 0. The lowest BCUT2D eigenvalue weighted by atomic mass is 10.2. The van der Waals surface area contributed by atoms with Gasteiger partial charge in [0.15, 0.2) is 0 Å². The minimum absolute atomic E-state index is 0.163. The van der Waals surface area contributed by atoms with Crippen LogP contribution in [0.15, 0.2) is 60.7 Å². The Morgan fingerprint density at radius 1 is 0.783 bits per heavy atom. The Morgan fingerprint density at radius 2 is 1.30 bits per heavy atom. The molecule has 2 rings (SSSR count). The standard InChI is InChI=1S/C10H12O2.C9H10O2/c1-2-12-10(11)8-9-6-4-3-5-7-9;1-2-11-9(10)8-6-4-3-5-7-8/h3-7H,2,8H2,1H3;3-7H,2H2,1H3. The van der Waals surface area contributed by atoms with Crippen LogP contribution in [-0.2, 0) is 20.7 Å². The highest BCUT2D eigenvalue weighted by Crippen LogP contribution is 2.01. The van der Waals surface area contributed by atoms with Crippen molar-refractivity contribution in [2.45, 2.75) is 20.3 Å². The van der Waals surface area contributed by atoms with Crippen molar-refractivity contribution in [1.29, 1.82) is 0 Å². The summed E-state index contributed by atoms with van der Waals surface area (Å²) in [6.45, 7) is 4.48. The van der Waals surface area contributed by atoms with Crippen LogP contribution in [0.4, 0.5) is 0 Å². The second kappa shape index (κ2) is 11.0. The van der Waals surface area contributed by atoms with Crippen LogP contribution in [0.25, 0.3) is 0 Å². The van der Waals surface area contributed by atoms with Crippen molar-refractivity contribution in [1.82, 2.24) is 0 Å². The molecule has 0 saturated heterocycles. The Hall–Kier alpha value is -2.62. The minimum Gasteiger partial charge on any atom is -0.466 e. The van der Waals surface area contributed by atoms with Crippen molar-refractivity contribution in [3.05, 3.63) is 71.8 Å². The summed E-state index contributed by atoms with van der Waals surface area (Å²) in [4.78, 5) is 22.0. The van der Waals surface area contributed by atoms with E-state index in [4.69, 9.17) is 9.47 Å². The number of rotatable bonds is 5. The molecule has 0 atom stereocenters. The number of carbonyl (C=O) groups is 2. The zero-order chi connectivity index (χ0) is 16.9. The summed E-state index contributed by atoms with van der Waals surface area (Å²) in [5.74, 6) is -0.420. The fourth-order valence-electron chi connectivity index (χ4n) is 1.76. The van der Waals surface area contributed by atoms with Crippen LogP contribution in [0.5, 0.6) is 0 Å². The van der Waals surface area contributed by atoms with Gasteiger partial charge in [-0.1, -0.05) is 48.5 Å². The van der Waals surface area contributed by atoms with Crippen molar-refractivity contribution < 1.29 is 19.1 Å². The van der Waals surface area contributed by atoms with Gasteiger partial charge in [-0.2, -0.15) is 0 Å². The highest BCUT2D eigenvalue weighted by molar-refractivity contribution is 5.89. The van der Waals surface area contributed by atoms with E-state index >= 15 is 0 Å². The van der Waals surface area contributed by atoms with E-state index in [1.807, 2.05) is 55.5 Å². The topological polar surface area (TPSA) is 52.6 Å². The van der Waals surface area contributed by atoms with Gasteiger partial charge >= 0.3 is 11.9 Å². The van der Waals surface area contributed by atoms with Crippen LogP contribution in [0.1, 0.15) is 29.8 Å². The number of ether oxygens (including phenoxy) is 2. The van der Waals surface area contributed by atoms with Gasteiger partial charge in [0, 0.05) is 0 Å². The molecular weight excluding hydrogens is 292 g/mol. The van der Waals surface area contributed by atoms with Crippen LogP contribution >= 0.6 is 0 Å². The van der Waals surface area contributed by atoms with Crippen molar-refractivity contribution >= 4 is 11.9 Å². The SMILES string of the molecule is CCOC(=O)Cc1ccccc1.CCOC(=O)c1ccccc1. The Bertz CT molecular complexity index is 579. The molecule has 0 amide bonds. The van der Waals surface area contributed by atoms with E-state index in [0.29, 0.717) is 25.2 Å². The molecule has 0 spiro atoms. The Balaban J connectivity index is 0.000000231. The van der Waals surface area contributed by atoms with Crippen LogP contribution in [0, 0.1) is 0 Å². The average molecular weight is 314 g/mol. The molecule has 0 saturated carbocycles. The molecule has 2 aromatic carbocycles. The lowest BCUT2D eigenvalue weighted by Crippen LogP contribution is -2.06. The molecule has 2 aromatic rings. The third kappa shape index (κ3) is 7.81. The second-order valence-electron chi connectivity index (χ2n) is 4.55. The van der Waals surface area contributed by atoms with Gasteiger partial charge in [0.2, 0.25) is 0 Å². The molecule has 0 heterocycles. The molecule has 0 aliphatic heterocycles. The van der Waals surface area contributed by atoms with Gasteiger partial charge < -0.3 is 9.47 Å². The summed E-state index contributed by atoms with van der Waals surface area (Å²) in [7, 11) is 0. The molecule has 0 unspecified atom stereocenters. The van der Waals surface area contributed by atoms with Crippen LogP contribution < -0.4 is 0 Å². The van der Waals surface area contributed by atoms with Crippen molar-refractivity contribution in [2.24, 2.45) is 0 Å². The lowest BCUT2D eigenvalue weighted by molar-refractivity contribution is -0.142. The summed E-state index contributed by atoms with van der Waals surface area (Å²) < 4.78 is 9.60. The molecule has 0 fully saturated rings. The van der Waals surface area contributed by atoms with Gasteiger partial charge in [0.05, 0.1) is 25.2 Å². The quantitative estimate of drug-likeness (QED) is 0.790. The summed E-state index contributed by atoms with van der Waals surface area (Å²) in [6.07, 6.45) is 0.370. The Kier molecular flexibility index (Phi) is 8.83. The van der Waals surface area contributed by atoms with Crippen molar-refractivity contribution in [2.75, 3.05) is 13.2 Å². The number of hydrogen-bond donors (Lipinski definition) is 0. The van der Waals surface area contributed by atoms with Gasteiger partial charge in [-0.25, -0.2) is 4.79 Å². The van der Waals surface area contributed by atoms with E-state index < -0.39 is 0 Å². The van der Waals surface area contributed by atoms with Crippen molar-refractivity contribution in [3.8, 4) is 0 Å². The summed E-state index contributed by atoms with van der Waals surface area (Å²) in [5, 5.41) is 0. The van der Waals surface area contributed by atoms with Gasteiger partial charge in [0.25, 0.3) is 0 Å². The Labute approximate surface area is 137 Å². The van der Waals surface area contributed by atoms with Crippen LogP contribution in [-0.4, -0.2) is 25.2 Å². The van der Waals surface area contributed by atoms with Crippen molar-refractivity contribution in [3.63, 3.8) is 0 Å². The molecule has 0 radical (unpaired) electrons. The van der Waals surface area contributed by atoms with E-state index in [1.165, 1.54) is 0 Å². The van der Waals surface area contributed by atoms with E-state index in [1.54, 1.807) is 19.1 Å². The normalized spacial score (nSPS) is 9.30. The molecule has 4 heteroatoms. The zero-order valence-electron chi connectivity index (χ0n) is 13.5. The molecule has 23 heavy (non-hydrogen) atoms. The van der Waals surface area contributed by atoms with Gasteiger partial charge in [-0.3, -0.25) is 4.79 Å². The maximum atomic E-state index is 11.0. The highest BCUT2D eigenvalue weighted by atomic mass is 16.5. The van der Waals surface area contributed by atoms with E-state index in [2.05, 4.69) is 0 Å². The predicted octanol–water partition coefficient (Wildman–Crippen LogP) is 3.66. The third-order valence-corrected chi connectivity index (χ3v) is 2.78. The molecule has 0 bridgehead atoms. The maximum absolute atomic E-state index is 11.0. The number of carbonyl (C=O) groups excluding carboxylic acids is 2. The van der Waals surface area contributed by atoms with E-state index in [0.717, 1.165) is 5.56 Å². The summed E-state index contributed by atoms with van der Waals surface area (Å²) in [5.41, 5.74) is 1.60. The minimum atomic E-state index is -0.256. The first-order chi connectivity index (χ1) is 11.2. The fraction of sp³-hybridized carbons (Fsp3) is 0.263. The van der Waals surface area contributed by atoms with Crippen LogP contribution in [0.3, 0.4) is 0 Å². The number of hydrogen-bond acceptors (Lipinski definition) is 4. The van der Waals surface area contributed by atoms with E-state index in [9.17, 15) is 9.59 Å². The third-order valence-electron chi connectivity index (χ3n) is 2.78. The largest absolute Gasteiger partial charge is 0.466 e. The van der Waals surface area contributed by atoms with Gasteiger partial charge in [-0.05, 0) is 31.5 Å². The predicted molar refractivity (Wildman–Crippen MR) is 89.2 cm³/mol. The number of esters is 2. The molecule has 0 N–H and O–H groups in total.